The van der Waals surface area contributed by atoms with Crippen LogP contribution in [0.3, 0.4) is 0 Å². The molecule has 1 amide bonds. The maximum Gasteiger partial charge on any atom is 0.407 e. The van der Waals surface area contributed by atoms with Crippen LogP contribution in [0.2, 0.25) is 0 Å². The summed E-state index contributed by atoms with van der Waals surface area (Å²) in [5.74, 6) is -0.917. The first kappa shape index (κ1) is 21.7. The molecule has 0 saturated carbocycles. The van der Waals surface area contributed by atoms with Crippen molar-refractivity contribution in [2.24, 2.45) is 0 Å². The number of alkyl carbamates (subject to hydrolysis) is 1. The van der Waals surface area contributed by atoms with Gasteiger partial charge in [-0.3, -0.25) is 24.0 Å². The van der Waals surface area contributed by atoms with Crippen molar-refractivity contribution >= 4 is 12.1 Å². The Hall–Kier alpha value is -2.62. The Kier molecular flexibility index (Phi) is 6.65. The van der Waals surface area contributed by atoms with Crippen LogP contribution in [-0.2, 0) is 9.53 Å². The van der Waals surface area contributed by atoms with E-state index in [1.54, 1.807) is 27.7 Å². The number of aromatic amines is 1. The van der Waals surface area contributed by atoms with Crippen LogP contribution in [0, 0.1) is 6.92 Å². The molecule has 0 bridgehead atoms. The van der Waals surface area contributed by atoms with Gasteiger partial charge in [0.1, 0.15) is 5.60 Å². The third-order valence-corrected chi connectivity index (χ3v) is 4.54. The number of ether oxygens (including phenoxy) is 1. The lowest BCUT2D eigenvalue weighted by Gasteiger charge is -2.25. The summed E-state index contributed by atoms with van der Waals surface area (Å²) >= 11 is 0. The first-order valence-electron chi connectivity index (χ1n) is 9.21. The van der Waals surface area contributed by atoms with Crippen LogP contribution in [0.15, 0.2) is 15.8 Å². The molecular weight excluding hydrogens is 368 g/mol. The molecule has 3 N–H and O–H groups in total. The second-order valence-electron chi connectivity index (χ2n) is 8.04. The summed E-state index contributed by atoms with van der Waals surface area (Å²) in [5.41, 5.74) is -1.12. The van der Waals surface area contributed by atoms with E-state index in [9.17, 15) is 19.2 Å². The average Bonchev–Trinajstić information content (AvgIpc) is 2.95. The number of carbonyl (C=O) groups excluding carboxylic acids is 1. The molecule has 156 valence electrons. The first-order valence-corrected chi connectivity index (χ1v) is 9.21. The van der Waals surface area contributed by atoms with Crippen LogP contribution >= 0.6 is 0 Å². The smallest absolute Gasteiger partial charge is 0.407 e. The van der Waals surface area contributed by atoms with E-state index in [2.05, 4.69) is 10.3 Å². The molecular formula is C18H28N4O6. The maximum atomic E-state index is 12.2. The van der Waals surface area contributed by atoms with E-state index >= 15 is 0 Å². The molecule has 0 aromatic carbocycles. The molecule has 2 atom stereocenters. The number of nitrogens with one attached hydrogen (secondary N) is 2. The fourth-order valence-electron chi connectivity index (χ4n) is 3.26. The minimum atomic E-state index is -0.917. The number of aliphatic carboxylic acids is 1. The van der Waals surface area contributed by atoms with E-state index in [-0.39, 0.29) is 25.0 Å². The number of hydrogen-bond acceptors (Lipinski definition) is 6. The standard InChI is InChI=1S/C18H28N4O6/c1-11-9-22(16(26)20-15(11)25)13-7-12(21(10-13)6-5-14(23)24)8-19-17(27)28-18(2,3)4/h9,12-13H,5-8,10H2,1-4H3,(H,19,27)(H,23,24)(H,20,25,26)/t12-,13-/m0/s1. The van der Waals surface area contributed by atoms with Crippen LogP contribution in [0.1, 0.15) is 45.2 Å². The van der Waals surface area contributed by atoms with Crippen molar-refractivity contribution in [3.8, 4) is 0 Å². The van der Waals surface area contributed by atoms with E-state index in [0.717, 1.165) is 0 Å². The van der Waals surface area contributed by atoms with Gasteiger partial charge in [0.25, 0.3) is 5.56 Å². The fraction of sp³-hybridized carbons (Fsp3) is 0.667. The minimum absolute atomic E-state index is 0.0464. The number of carbonyl (C=O) groups is 2. The molecule has 1 aliphatic heterocycles. The maximum absolute atomic E-state index is 12.2. The SMILES string of the molecule is Cc1cn([C@H]2C[C@@H](CNC(=O)OC(C)(C)C)N(CCC(=O)O)C2)c(=O)[nH]c1=O. The Morgan fingerprint density at radius 3 is 2.64 bits per heavy atom. The molecule has 1 saturated heterocycles. The lowest BCUT2D eigenvalue weighted by atomic mass is 10.1. The molecule has 1 aromatic rings. The Labute approximate surface area is 162 Å². The number of nitrogens with zero attached hydrogens (tertiary/aromatic N) is 2. The van der Waals surface area contributed by atoms with Crippen LogP contribution in [-0.4, -0.2) is 62.9 Å². The highest BCUT2D eigenvalue weighted by atomic mass is 16.6. The highest BCUT2D eigenvalue weighted by Gasteiger charge is 2.34. The van der Waals surface area contributed by atoms with Gasteiger partial charge in [-0.05, 0) is 34.1 Å². The van der Waals surface area contributed by atoms with Crippen LogP contribution in [0.5, 0.6) is 0 Å². The number of H-pyrrole nitrogens is 1. The molecule has 1 fully saturated rings. The molecule has 1 aromatic heterocycles. The summed E-state index contributed by atoms with van der Waals surface area (Å²) < 4.78 is 6.70. The minimum Gasteiger partial charge on any atom is -0.481 e. The predicted octanol–water partition coefficient (Wildman–Crippen LogP) is 0.460. The second-order valence-corrected chi connectivity index (χ2v) is 8.04. The average molecular weight is 396 g/mol. The molecule has 2 heterocycles. The molecule has 0 radical (unpaired) electrons. The van der Waals surface area contributed by atoms with Crippen molar-refractivity contribution in [2.45, 2.75) is 58.2 Å². The largest absolute Gasteiger partial charge is 0.481 e. The van der Waals surface area contributed by atoms with Crippen molar-refractivity contribution in [1.29, 1.82) is 0 Å². The van der Waals surface area contributed by atoms with Gasteiger partial charge in [-0.15, -0.1) is 0 Å². The van der Waals surface area contributed by atoms with Crippen LogP contribution < -0.4 is 16.6 Å². The third-order valence-electron chi connectivity index (χ3n) is 4.54. The number of rotatable bonds is 6. The number of carboxylic acids is 1. The van der Waals surface area contributed by atoms with E-state index in [1.165, 1.54) is 10.8 Å². The fourth-order valence-corrected chi connectivity index (χ4v) is 3.26. The normalized spacial score (nSPS) is 20.1. The number of carboxylic acid groups (broad SMARTS) is 1. The number of likely N-dealkylation sites (tertiary alicyclic amines) is 1. The molecule has 10 heteroatoms. The Balaban J connectivity index is 2.12. The zero-order valence-corrected chi connectivity index (χ0v) is 16.7. The lowest BCUT2D eigenvalue weighted by molar-refractivity contribution is -0.137. The summed E-state index contributed by atoms with van der Waals surface area (Å²) in [7, 11) is 0. The summed E-state index contributed by atoms with van der Waals surface area (Å²) in [6.45, 7) is 7.92. The molecule has 0 aliphatic carbocycles. The summed E-state index contributed by atoms with van der Waals surface area (Å²) in [6.07, 6.45) is 1.45. The van der Waals surface area contributed by atoms with E-state index < -0.39 is 28.9 Å². The molecule has 0 spiro atoms. The van der Waals surface area contributed by atoms with Gasteiger partial charge in [-0.2, -0.15) is 0 Å². The molecule has 28 heavy (non-hydrogen) atoms. The Bertz CT molecular complexity index is 838. The number of aryl methyl sites for hydroxylation is 1. The van der Waals surface area contributed by atoms with Crippen LogP contribution in [0.25, 0.3) is 0 Å². The zero-order chi connectivity index (χ0) is 21.1. The number of hydrogen-bond donors (Lipinski definition) is 3. The lowest BCUT2D eigenvalue weighted by Crippen LogP contribution is -2.42. The van der Waals surface area contributed by atoms with Gasteiger partial charge in [0.15, 0.2) is 0 Å². The van der Waals surface area contributed by atoms with Gasteiger partial charge in [0.05, 0.1) is 12.5 Å². The second kappa shape index (κ2) is 8.59. The van der Waals surface area contributed by atoms with Crippen molar-refractivity contribution in [3.05, 3.63) is 32.6 Å². The third kappa shape index (κ3) is 5.95. The van der Waals surface area contributed by atoms with Gasteiger partial charge >= 0.3 is 17.8 Å². The summed E-state index contributed by atoms with van der Waals surface area (Å²) in [4.78, 5) is 50.9. The van der Waals surface area contributed by atoms with Crippen molar-refractivity contribution in [3.63, 3.8) is 0 Å². The van der Waals surface area contributed by atoms with E-state index in [1.807, 2.05) is 4.90 Å². The highest BCUT2D eigenvalue weighted by molar-refractivity contribution is 5.67. The van der Waals surface area contributed by atoms with Gasteiger partial charge in [-0.25, -0.2) is 9.59 Å². The Morgan fingerprint density at radius 2 is 2.04 bits per heavy atom. The van der Waals surface area contributed by atoms with Crippen molar-refractivity contribution in [2.75, 3.05) is 19.6 Å². The molecule has 10 nitrogen and oxygen atoms in total. The zero-order valence-electron chi connectivity index (χ0n) is 16.7. The first-order chi connectivity index (χ1) is 13.0. The van der Waals surface area contributed by atoms with Crippen LogP contribution in [0.4, 0.5) is 4.79 Å². The molecule has 2 rings (SSSR count). The highest BCUT2D eigenvalue weighted by Crippen LogP contribution is 2.26. The van der Waals surface area contributed by atoms with Gasteiger partial charge in [-0.1, -0.05) is 0 Å². The van der Waals surface area contributed by atoms with Crippen molar-refractivity contribution in [1.82, 2.24) is 19.8 Å². The summed E-state index contributed by atoms with van der Waals surface area (Å²) in [6, 6.07) is -0.390. The summed E-state index contributed by atoms with van der Waals surface area (Å²) in [5, 5.41) is 11.7. The van der Waals surface area contributed by atoms with Gasteiger partial charge in [0, 0.05) is 37.4 Å². The predicted molar refractivity (Wildman–Crippen MR) is 102 cm³/mol. The molecule has 0 unspecified atom stereocenters. The van der Waals surface area contributed by atoms with Gasteiger partial charge < -0.3 is 15.2 Å². The van der Waals surface area contributed by atoms with Crippen molar-refractivity contribution < 1.29 is 19.4 Å². The molecule has 1 aliphatic rings. The van der Waals surface area contributed by atoms with E-state index in [4.69, 9.17) is 9.84 Å². The Morgan fingerprint density at radius 1 is 1.36 bits per heavy atom. The van der Waals surface area contributed by atoms with E-state index in [0.29, 0.717) is 25.1 Å². The quantitative estimate of drug-likeness (QED) is 0.636. The number of aromatic nitrogens is 2. The van der Waals surface area contributed by atoms with Gasteiger partial charge in [0.2, 0.25) is 0 Å². The number of amides is 1. The monoisotopic (exact) mass is 396 g/mol. The topological polar surface area (TPSA) is 134 Å².